The normalized spacial score (nSPS) is 10.9. The fourth-order valence-corrected chi connectivity index (χ4v) is 9.98. The van der Waals surface area contributed by atoms with Crippen LogP contribution in [0.15, 0.2) is 232 Å². The van der Waals surface area contributed by atoms with E-state index in [1.165, 1.54) is 67.8 Å². The van der Waals surface area contributed by atoms with Gasteiger partial charge < -0.3 is 33.8 Å². The second kappa shape index (κ2) is 30.1. The number of rotatable bonds is 16. The predicted molar refractivity (Wildman–Crippen MR) is 353 cm³/mol. The summed E-state index contributed by atoms with van der Waals surface area (Å²) < 4.78 is 82.7. The third kappa shape index (κ3) is 15.6. The first-order chi connectivity index (χ1) is 47.6. The van der Waals surface area contributed by atoms with Crippen molar-refractivity contribution in [2.75, 3.05) is 0 Å². The smallest absolute Gasteiger partial charge is 0.265 e. The first-order valence-electron chi connectivity index (χ1n) is 28.8. The minimum absolute atomic E-state index is 0.160. The Kier molecular flexibility index (Phi) is 20.2. The Morgan fingerprint density at radius 3 is 1.22 bits per heavy atom. The Morgan fingerprint density at radius 2 is 0.847 bits per heavy atom. The van der Waals surface area contributed by atoms with E-state index in [-0.39, 0.29) is 71.6 Å². The summed E-state index contributed by atoms with van der Waals surface area (Å²) in [6.45, 7) is 0.822. The molecule has 0 radical (unpaired) electrons. The van der Waals surface area contributed by atoms with Gasteiger partial charge in [-0.25, -0.2) is 37.5 Å². The van der Waals surface area contributed by atoms with Crippen LogP contribution in [-0.2, 0) is 26.2 Å². The van der Waals surface area contributed by atoms with Gasteiger partial charge in [0.05, 0.1) is 53.4 Å². The van der Waals surface area contributed by atoms with Gasteiger partial charge in [-0.2, -0.15) is 20.4 Å². The quantitative estimate of drug-likeness (QED) is 0.0302. The molecule has 0 aliphatic heterocycles. The van der Waals surface area contributed by atoms with Crippen LogP contribution in [0.25, 0.3) is 80.1 Å². The van der Waals surface area contributed by atoms with Gasteiger partial charge in [0.2, 0.25) is 0 Å². The molecule has 15 aromatic rings. The van der Waals surface area contributed by atoms with Gasteiger partial charge in [0, 0.05) is 71.2 Å². The number of benzene rings is 4. The summed E-state index contributed by atoms with van der Waals surface area (Å²) >= 11 is 12.4. The van der Waals surface area contributed by atoms with Gasteiger partial charge in [0.15, 0.2) is 17.5 Å². The van der Waals surface area contributed by atoms with Gasteiger partial charge in [-0.1, -0.05) is 105 Å². The predicted octanol–water partition coefficient (Wildman–Crippen LogP) is 12.3. The molecule has 33 heteroatoms. The summed E-state index contributed by atoms with van der Waals surface area (Å²) in [4.78, 5) is 45.3. The molecule has 0 amide bonds. The van der Waals surface area contributed by atoms with Gasteiger partial charge in [-0.3, -0.25) is 33.7 Å². The van der Waals surface area contributed by atoms with Gasteiger partial charge in [0.25, 0.3) is 11.1 Å². The van der Waals surface area contributed by atoms with Crippen LogP contribution < -0.4 is 16.9 Å². The van der Waals surface area contributed by atoms with E-state index in [2.05, 4.69) is 103 Å². The molecule has 98 heavy (non-hydrogen) atoms. The van der Waals surface area contributed by atoms with Crippen LogP contribution in [0.2, 0.25) is 5.15 Å². The Balaban J connectivity index is 0.000000125. The van der Waals surface area contributed by atoms with E-state index in [0.29, 0.717) is 117 Å². The van der Waals surface area contributed by atoms with E-state index < -0.39 is 0 Å². The van der Waals surface area contributed by atoms with Crippen LogP contribution >= 0.6 is 43.5 Å². The molecule has 0 aliphatic rings. The molecule has 0 atom stereocenters. The number of nitrogens with two attached hydrogens (primary N) is 1. The zero-order chi connectivity index (χ0) is 68.2. The summed E-state index contributed by atoms with van der Waals surface area (Å²) in [6.07, 6.45) is 10.1. The molecule has 0 bridgehead atoms. The van der Waals surface area contributed by atoms with E-state index in [0.717, 1.165) is 0 Å². The highest BCUT2D eigenvalue weighted by Gasteiger charge is 2.22. The molecule has 5 N–H and O–H groups in total. The lowest BCUT2D eigenvalue weighted by Gasteiger charge is -2.06. The number of nitrogens with one attached hydrogen (secondary N) is 3. The van der Waals surface area contributed by atoms with Crippen molar-refractivity contribution in [2.24, 2.45) is 5.73 Å². The monoisotopic (exact) mass is 1470 g/mol. The van der Waals surface area contributed by atoms with Crippen molar-refractivity contribution in [1.29, 1.82) is 5.41 Å². The minimum atomic E-state index is -0.328. The van der Waals surface area contributed by atoms with E-state index in [1.807, 2.05) is 0 Å². The Labute approximate surface area is 570 Å². The SMILES string of the molecule is Fc1ccccc1Cn1nc(-c2ncc(Br)c(Cl)n2)cc1-c1ccon1.N=C(N)c1cc(-c2ccon2)n(Cc2ccccc2F)n1.O=c1[nH]c(-c2cc(-c3ccon3)n(Cc3ccccc3F)n2)ncc1Br.O=c1ccnc(-c2cc(-c3ccon3)n(Cc3ccccc3F)n2)[nH]1. The molecular formula is C65H45Br2ClF4N20O6. The van der Waals surface area contributed by atoms with Crippen LogP contribution in [0, 0.1) is 28.7 Å². The van der Waals surface area contributed by atoms with Gasteiger partial charge in [-0.05, 0) is 80.4 Å². The molecule has 0 fully saturated rings. The zero-order valence-electron chi connectivity index (χ0n) is 50.1. The highest BCUT2D eigenvalue weighted by Crippen LogP contribution is 2.30. The number of H-pyrrole nitrogens is 2. The fourth-order valence-electron chi connectivity index (χ4n) is 9.46. The van der Waals surface area contributed by atoms with Gasteiger partial charge >= 0.3 is 0 Å². The maximum absolute atomic E-state index is 14.1. The van der Waals surface area contributed by atoms with Gasteiger partial charge in [-0.15, -0.1) is 0 Å². The molecule has 11 aromatic heterocycles. The van der Waals surface area contributed by atoms with Crippen LogP contribution in [0.1, 0.15) is 27.9 Å². The van der Waals surface area contributed by atoms with Crippen LogP contribution in [0.4, 0.5) is 17.6 Å². The van der Waals surface area contributed by atoms with E-state index >= 15 is 0 Å². The molecule has 4 aromatic carbocycles. The summed E-state index contributed by atoms with van der Waals surface area (Å²) in [5.74, 6) is -0.452. The van der Waals surface area contributed by atoms with E-state index in [1.54, 1.807) is 146 Å². The average molecular weight is 1470 g/mol. The summed E-state index contributed by atoms with van der Waals surface area (Å²) in [7, 11) is 0. The maximum atomic E-state index is 14.1. The third-order valence-electron chi connectivity index (χ3n) is 14.2. The fraction of sp³-hybridized carbons (Fsp3) is 0.0615. The Morgan fingerprint density at radius 1 is 0.469 bits per heavy atom. The van der Waals surface area contributed by atoms with Crippen molar-refractivity contribution in [3.05, 3.63) is 281 Å². The molecule has 0 spiro atoms. The van der Waals surface area contributed by atoms with Crippen molar-refractivity contribution in [3.63, 3.8) is 0 Å². The molecule has 0 aliphatic carbocycles. The van der Waals surface area contributed by atoms with E-state index in [4.69, 9.17) is 40.8 Å². The lowest BCUT2D eigenvalue weighted by molar-refractivity contribution is 0.421. The molecular weight excluding hydrogens is 1430 g/mol. The summed E-state index contributed by atoms with van der Waals surface area (Å²) in [6, 6.07) is 40.8. The number of amidine groups is 1. The second-order valence-electron chi connectivity index (χ2n) is 20.6. The topological polar surface area (TPSA) is 343 Å². The molecule has 15 rings (SSSR count). The molecule has 11 heterocycles. The molecule has 490 valence electrons. The first kappa shape index (κ1) is 65.9. The van der Waals surface area contributed by atoms with Crippen molar-refractivity contribution in [3.8, 4) is 80.1 Å². The van der Waals surface area contributed by atoms with Crippen LogP contribution in [0.5, 0.6) is 0 Å². The van der Waals surface area contributed by atoms with E-state index in [9.17, 15) is 27.2 Å². The number of nitrogens with zero attached hydrogens (tertiary/aromatic N) is 16. The molecule has 26 nitrogen and oxygen atoms in total. The molecule has 0 saturated carbocycles. The first-order valence-corrected chi connectivity index (χ1v) is 30.8. The minimum Gasteiger partial charge on any atom is -0.382 e. The molecule has 0 saturated heterocycles. The van der Waals surface area contributed by atoms with Crippen LogP contribution in [0.3, 0.4) is 0 Å². The number of nitrogen functional groups attached to an aromatic ring is 1. The standard InChI is InChI=1S/C17H10BrClFN5O.C17H11BrFN5O2.C17H12FN5O2.C14H12FN5O/c18-11-8-21-17(22-16(11)19)14-7-15(13-5-6-26-24-13)25(23-14)9-10-3-1-2-4-12(10)20;18-11-8-20-16(21-17(11)25)14-7-15(13-5-6-26-23-13)24(22-14)9-10-3-1-2-4-12(10)19;18-12-4-2-1-3-11(12)10-23-15(13-6-8-25-22-13)9-14(21-23)17-19-7-5-16(24)20-17;15-10-4-2-1-3-9(10)8-20-13(11-5-6-21-19-11)7-12(18-20)14(16)17/h1-8H,9H2;1-8H,9H2,(H,20,21,25);1-9H,10H2,(H,19,20,24);1-7H,8H2,(H3,16,17). The molecule has 0 unspecified atom stereocenters. The van der Waals surface area contributed by atoms with Crippen molar-refractivity contribution in [2.45, 2.75) is 26.2 Å². The maximum Gasteiger partial charge on any atom is 0.265 e. The van der Waals surface area contributed by atoms with Crippen molar-refractivity contribution >= 4 is 49.3 Å². The third-order valence-corrected chi connectivity index (χ3v) is 15.8. The number of halogens is 7. The largest absolute Gasteiger partial charge is 0.382 e. The zero-order valence-corrected chi connectivity index (χ0v) is 54.1. The summed E-state index contributed by atoms with van der Waals surface area (Å²) in [5, 5.41) is 41.0. The lowest BCUT2D eigenvalue weighted by atomic mass is 10.2. The Bertz CT molecular complexity index is 5350. The van der Waals surface area contributed by atoms with Crippen LogP contribution in [-0.4, -0.2) is 95.5 Å². The highest BCUT2D eigenvalue weighted by molar-refractivity contribution is 9.10. The number of hydrogen-bond donors (Lipinski definition) is 4. The van der Waals surface area contributed by atoms with Crippen molar-refractivity contribution in [1.82, 2.24) is 89.7 Å². The highest BCUT2D eigenvalue weighted by atomic mass is 79.9. The average Bonchev–Trinajstić information content (AvgIpc) is 1.67. The lowest BCUT2D eigenvalue weighted by Crippen LogP contribution is -2.13. The second-order valence-corrected chi connectivity index (χ2v) is 22.7. The number of aromatic amines is 2. The summed E-state index contributed by atoms with van der Waals surface area (Å²) in [5.41, 5.74) is 13.2. The van der Waals surface area contributed by atoms with Gasteiger partial charge in [0.1, 0.15) is 109 Å². The number of hydrogen-bond acceptors (Lipinski definition) is 19. The number of aromatic nitrogens is 18. The Hall–Kier alpha value is -12.2. The van der Waals surface area contributed by atoms with Crippen molar-refractivity contribution < 1.29 is 35.7 Å².